The number of benzene rings is 2. The summed E-state index contributed by atoms with van der Waals surface area (Å²) in [7, 11) is -3.61. The average molecular weight is 572 g/mol. The minimum absolute atomic E-state index is 0.0881. The number of piperazine rings is 1. The summed E-state index contributed by atoms with van der Waals surface area (Å²) in [5.41, 5.74) is 6.98. The molecule has 1 N–H and O–H groups in total. The summed E-state index contributed by atoms with van der Waals surface area (Å²) in [5, 5.41) is 0.771. The molecule has 8 heteroatoms. The van der Waals surface area contributed by atoms with Crippen LogP contribution in [0.1, 0.15) is 81.3 Å². The number of carbonyl (C=O) groups excluding carboxylic acids is 1. The van der Waals surface area contributed by atoms with Crippen molar-refractivity contribution >= 4 is 38.8 Å². The summed E-state index contributed by atoms with van der Waals surface area (Å²) in [6.07, 6.45) is 3.42. The molecule has 39 heavy (non-hydrogen) atoms. The van der Waals surface area contributed by atoms with Gasteiger partial charge in [0.15, 0.2) is 0 Å². The Morgan fingerprint density at radius 3 is 2.33 bits per heavy atom. The molecule has 212 valence electrons. The van der Waals surface area contributed by atoms with E-state index in [9.17, 15) is 13.2 Å². The van der Waals surface area contributed by atoms with Gasteiger partial charge in [-0.25, -0.2) is 13.1 Å². The second kappa shape index (κ2) is 12.0. The number of sulfonamides is 1. The van der Waals surface area contributed by atoms with Gasteiger partial charge in [-0.2, -0.15) is 0 Å². The molecule has 1 saturated heterocycles. The highest BCUT2D eigenvalue weighted by molar-refractivity contribution is 7.90. The van der Waals surface area contributed by atoms with E-state index >= 15 is 0 Å². The number of allylic oxidation sites excluding steroid dienone is 1. The molecule has 1 aliphatic carbocycles. The molecule has 1 amide bonds. The molecule has 2 aromatic rings. The zero-order chi connectivity index (χ0) is 28.4. The maximum atomic E-state index is 12.7. The molecule has 0 radical (unpaired) electrons. The van der Waals surface area contributed by atoms with Crippen LogP contribution >= 0.6 is 11.6 Å². The molecule has 4 rings (SSSR count). The third kappa shape index (κ3) is 7.44. The first-order valence-corrected chi connectivity index (χ1v) is 16.0. The van der Waals surface area contributed by atoms with Gasteiger partial charge in [0.05, 0.1) is 5.75 Å². The van der Waals surface area contributed by atoms with E-state index in [4.69, 9.17) is 11.6 Å². The van der Waals surface area contributed by atoms with Crippen molar-refractivity contribution in [2.45, 2.75) is 59.8 Å². The second-order valence-corrected chi connectivity index (χ2v) is 14.4. The lowest BCUT2D eigenvalue weighted by molar-refractivity contribution is 0.0980. The third-order valence-electron chi connectivity index (χ3n) is 8.06. The van der Waals surface area contributed by atoms with Crippen molar-refractivity contribution in [3.05, 3.63) is 69.8 Å². The van der Waals surface area contributed by atoms with Gasteiger partial charge in [-0.3, -0.25) is 9.69 Å². The van der Waals surface area contributed by atoms with E-state index in [-0.39, 0.29) is 11.7 Å². The minimum Gasteiger partial charge on any atom is -0.369 e. The Morgan fingerprint density at radius 1 is 1.05 bits per heavy atom. The van der Waals surface area contributed by atoms with E-state index in [0.29, 0.717) is 11.0 Å². The number of carbonyl (C=O) groups is 1. The molecule has 2 aromatic carbocycles. The Labute approximate surface area is 239 Å². The number of amides is 1. The molecule has 0 bridgehead atoms. The molecule has 1 fully saturated rings. The van der Waals surface area contributed by atoms with Crippen molar-refractivity contribution in [1.29, 1.82) is 0 Å². The summed E-state index contributed by atoms with van der Waals surface area (Å²) < 4.78 is 26.1. The Bertz CT molecular complexity index is 1330. The zero-order valence-corrected chi connectivity index (χ0v) is 25.5. The van der Waals surface area contributed by atoms with Crippen molar-refractivity contribution in [3.8, 4) is 0 Å². The van der Waals surface area contributed by atoms with Gasteiger partial charge in [-0.1, -0.05) is 57.0 Å². The van der Waals surface area contributed by atoms with E-state index in [0.717, 1.165) is 61.8 Å². The highest BCUT2D eigenvalue weighted by Crippen LogP contribution is 2.43. The van der Waals surface area contributed by atoms with E-state index in [1.807, 2.05) is 32.0 Å². The molecule has 6 nitrogen and oxygen atoms in total. The predicted octanol–water partition coefficient (Wildman–Crippen LogP) is 6.33. The lowest BCUT2D eigenvalue weighted by Gasteiger charge is -2.39. The van der Waals surface area contributed by atoms with Gasteiger partial charge >= 0.3 is 0 Å². The maximum absolute atomic E-state index is 12.7. The van der Waals surface area contributed by atoms with Crippen LogP contribution in [-0.4, -0.2) is 57.7 Å². The standard InChI is InChI=1S/C31H42ClN3O3S/c1-6-39(37,38)33-30(36)27-12-11-26(19-28(27)22(2)3)35-17-15-34(16-18-35)21-24-13-14-31(4,5)20-29(24)23-7-9-25(32)10-8-23/h7-12,19,22H,6,13-18,20-21H2,1-5H3,(H,33,36). The second-order valence-electron chi connectivity index (χ2n) is 12.0. The van der Waals surface area contributed by atoms with Crippen molar-refractivity contribution in [1.82, 2.24) is 9.62 Å². The molecule has 0 spiro atoms. The van der Waals surface area contributed by atoms with Crippen LogP contribution in [0.25, 0.3) is 5.57 Å². The highest BCUT2D eigenvalue weighted by Gasteiger charge is 2.29. The fraction of sp³-hybridized carbons (Fsp3) is 0.516. The van der Waals surface area contributed by atoms with E-state index < -0.39 is 15.9 Å². The van der Waals surface area contributed by atoms with Gasteiger partial charge < -0.3 is 4.90 Å². The van der Waals surface area contributed by atoms with Gasteiger partial charge in [0.25, 0.3) is 5.91 Å². The van der Waals surface area contributed by atoms with E-state index in [1.165, 1.54) is 24.5 Å². The Balaban J connectivity index is 1.46. The number of hydrogen-bond donors (Lipinski definition) is 1. The van der Waals surface area contributed by atoms with E-state index in [2.05, 4.69) is 46.6 Å². The normalized spacial score (nSPS) is 18.5. The smallest absolute Gasteiger partial charge is 0.265 e. The molecule has 2 aliphatic rings. The number of nitrogens with one attached hydrogen (secondary N) is 1. The summed E-state index contributed by atoms with van der Waals surface area (Å²) >= 11 is 6.17. The van der Waals surface area contributed by atoms with Crippen molar-refractivity contribution in [2.24, 2.45) is 5.41 Å². The number of nitrogens with zero attached hydrogens (tertiary/aromatic N) is 2. The van der Waals surface area contributed by atoms with Crippen LogP contribution in [-0.2, 0) is 10.0 Å². The quantitative estimate of drug-likeness (QED) is 0.401. The van der Waals surface area contributed by atoms with Crippen LogP contribution in [0.2, 0.25) is 5.02 Å². The topological polar surface area (TPSA) is 69.7 Å². The van der Waals surface area contributed by atoms with Crippen molar-refractivity contribution < 1.29 is 13.2 Å². The number of rotatable bonds is 8. The first-order chi connectivity index (χ1) is 18.4. The fourth-order valence-corrected chi connectivity index (χ4v) is 6.26. The number of hydrogen-bond acceptors (Lipinski definition) is 5. The van der Waals surface area contributed by atoms with Crippen LogP contribution < -0.4 is 9.62 Å². The summed E-state index contributed by atoms with van der Waals surface area (Å²) in [5.74, 6) is -0.601. The number of halogens is 1. The molecule has 0 aromatic heterocycles. The maximum Gasteiger partial charge on any atom is 0.265 e. The average Bonchev–Trinajstić information content (AvgIpc) is 2.90. The summed E-state index contributed by atoms with van der Waals surface area (Å²) in [4.78, 5) is 17.7. The summed E-state index contributed by atoms with van der Waals surface area (Å²) in [6.45, 7) is 15.0. The molecule has 0 unspecified atom stereocenters. The van der Waals surface area contributed by atoms with Crippen molar-refractivity contribution in [2.75, 3.05) is 43.4 Å². The molecule has 1 aliphatic heterocycles. The van der Waals surface area contributed by atoms with Gasteiger partial charge in [0, 0.05) is 49.0 Å². The lowest BCUT2D eigenvalue weighted by atomic mass is 9.72. The predicted molar refractivity (Wildman–Crippen MR) is 162 cm³/mol. The van der Waals surface area contributed by atoms with Crippen LogP contribution in [0.3, 0.4) is 0 Å². The van der Waals surface area contributed by atoms with Crippen LogP contribution in [0.5, 0.6) is 0 Å². The number of anilines is 1. The molecule has 0 atom stereocenters. The largest absolute Gasteiger partial charge is 0.369 e. The van der Waals surface area contributed by atoms with E-state index in [1.54, 1.807) is 11.6 Å². The Hall–Kier alpha value is -2.35. The third-order valence-corrected chi connectivity index (χ3v) is 9.57. The molecular formula is C31H42ClN3O3S. The fourth-order valence-electron chi connectivity index (χ4n) is 5.60. The lowest BCUT2D eigenvalue weighted by Crippen LogP contribution is -2.47. The Kier molecular flexibility index (Phi) is 9.14. The molecule has 0 saturated carbocycles. The minimum atomic E-state index is -3.61. The zero-order valence-electron chi connectivity index (χ0n) is 23.9. The van der Waals surface area contributed by atoms with Gasteiger partial charge in [0.2, 0.25) is 10.0 Å². The monoisotopic (exact) mass is 571 g/mol. The van der Waals surface area contributed by atoms with Crippen LogP contribution in [0.4, 0.5) is 5.69 Å². The Morgan fingerprint density at radius 2 is 1.72 bits per heavy atom. The highest BCUT2D eigenvalue weighted by atomic mass is 35.5. The van der Waals surface area contributed by atoms with Crippen LogP contribution in [0, 0.1) is 5.41 Å². The van der Waals surface area contributed by atoms with Crippen LogP contribution in [0.15, 0.2) is 48.0 Å². The van der Waals surface area contributed by atoms with Crippen molar-refractivity contribution in [3.63, 3.8) is 0 Å². The van der Waals surface area contributed by atoms with Gasteiger partial charge in [0.1, 0.15) is 0 Å². The van der Waals surface area contributed by atoms with Gasteiger partial charge in [-0.15, -0.1) is 0 Å². The first kappa shape index (κ1) is 29.6. The SMILES string of the molecule is CCS(=O)(=O)NC(=O)c1ccc(N2CCN(CC3=C(c4ccc(Cl)cc4)CC(C)(C)CC3)CC2)cc1C(C)C. The summed E-state index contributed by atoms with van der Waals surface area (Å²) in [6, 6.07) is 14.1. The first-order valence-electron chi connectivity index (χ1n) is 14.0. The van der Waals surface area contributed by atoms with Gasteiger partial charge in [-0.05, 0) is 84.6 Å². The molecular weight excluding hydrogens is 530 g/mol. The molecule has 1 heterocycles.